The Morgan fingerprint density at radius 2 is 2.07 bits per heavy atom. The molecule has 1 aliphatic carbocycles. The van der Waals surface area contributed by atoms with Crippen LogP contribution in [-0.4, -0.2) is 21.6 Å². The predicted octanol–water partition coefficient (Wildman–Crippen LogP) is 4.48. The van der Waals surface area contributed by atoms with E-state index in [2.05, 4.69) is 4.98 Å². The van der Waals surface area contributed by atoms with Crippen molar-refractivity contribution in [3.63, 3.8) is 0 Å². The van der Waals surface area contributed by atoms with Gasteiger partial charge < -0.3 is 9.72 Å². The van der Waals surface area contributed by atoms with Gasteiger partial charge in [0.25, 0.3) is 11.5 Å². The summed E-state index contributed by atoms with van der Waals surface area (Å²) < 4.78 is 6.87. The summed E-state index contributed by atoms with van der Waals surface area (Å²) in [7, 11) is 0. The predicted molar refractivity (Wildman–Crippen MR) is 110 cm³/mol. The van der Waals surface area contributed by atoms with Gasteiger partial charge in [-0.1, -0.05) is 6.07 Å². The summed E-state index contributed by atoms with van der Waals surface area (Å²) >= 11 is 6.94. The molecule has 0 aliphatic heterocycles. The third kappa shape index (κ3) is 3.26. The number of carbonyl (C=O) groups is 1. The maximum absolute atomic E-state index is 13.2. The van der Waals surface area contributed by atoms with Crippen LogP contribution in [0.2, 0.25) is 0 Å². The van der Waals surface area contributed by atoms with E-state index in [9.17, 15) is 9.59 Å². The van der Waals surface area contributed by atoms with Gasteiger partial charge in [-0.25, -0.2) is 4.57 Å². The number of H-pyrrole nitrogens is 1. The standard InChI is InChI=1S/C20H20N2O3S2/c1-11(2)25-13-7-5-6-12(10-13)18(23)22-19(24)16-14-8-3-4-9-15(14)27-17(16)21-20(22)26/h5-7,10-11H,3-4,8-9H2,1-2H3,(H,21,26). The highest BCUT2D eigenvalue weighted by atomic mass is 32.1. The summed E-state index contributed by atoms with van der Waals surface area (Å²) in [5.41, 5.74) is 1.13. The number of thiophene rings is 1. The Kier molecular flexibility index (Phi) is 4.74. The number of hydrogen-bond acceptors (Lipinski definition) is 5. The molecule has 0 fully saturated rings. The van der Waals surface area contributed by atoms with Gasteiger partial charge in [-0.2, -0.15) is 0 Å². The third-order valence-electron chi connectivity index (χ3n) is 4.67. The Morgan fingerprint density at radius 1 is 1.30 bits per heavy atom. The average molecular weight is 401 g/mol. The minimum atomic E-state index is -0.437. The first-order valence-electron chi connectivity index (χ1n) is 9.06. The Morgan fingerprint density at radius 3 is 2.85 bits per heavy atom. The number of benzene rings is 1. The molecule has 0 bridgehead atoms. The van der Waals surface area contributed by atoms with Crippen molar-refractivity contribution in [1.29, 1.82) is 0 Å². The van der Waals surface area contributed by atoms with E-state index in [4.69, 9.17) is 17.0 Å². The number of aromatic nitrogens is 2. The lowest BCUT2D eigenvalue weighted by Gasteiger charge is -2.12. The fraction of sp³-hybridized carbons (Fsp3) is 0.350. The van der Waals surface area contributed by atoms with E-state index in [-0.39, 0.29) is 16.4 Å². The van der Waals surface area contributed by atoms with Crippen LogP contribution in [0.5, 0.6) is 5.75 Å². The fourth-order valence-corrected chi connectivity index (χ4v) is 5.14. The molecule has 0 unspecified atom stereocenters. The van der Waals surface area contributed by atoms with Crippen molar-refractivity contribution in [2.75, 3.05) is 0 Å². The van der Waals surface area contributed by atoms with Crippen LogP contribution in [0.15, 0.2) is 29.1 Å². The first-order valence-corrected chi connectivity index (χ1v) is 10.3. The zero-order valence-electron chi connectivity index (χ0n) is 15.2. The Hall–Kier alpha value is -2.25. The molecule has 0 saturated carbocycles. The summed E-state index contributed by atoms with van der Waals surface area (Å²) in [4.78, 5) is 31.4. The lowest BCUT2D eigenvalue weighted by molar-refractivity contribution is 0.0953. The second-order valence-corrected chi connectivity index (χ2v) is 8.48. The van der Waals surface area contributed by atoms with E-state index >= 15 is 0 Å². The molecule has 2 heterocycles. The van der Waals surface area contributed by atoms with Crippen LogP contribution in [0.4, 0.5) is 0 Å². The maximum atomic E-state index is 13.2. The monoisotopic (exact) mass is 400 g/mol. The summed E-state index contributed by atoms with van der Waals surface area (Å²) in [5.74, 6) is 0.154. The molecule has 5 nitrogen and oxygen atoms in total. The van der Waals surface area contributed by atoms with Crippen molar-refractivity contribution in [2.24, 2.45) is 0 Å². The molecule has 2 aromatic heterocycles. The molecule has 1 N–H and O–H groups in total. The molecular weight excluding hydrogens is 380 g/mol. The summed E-state index contributed by atoms with van der Waals surface area (Å²) in [6.45, 7) is 3.84. The van der Waals surface area contributed by atoms with E-state index in [0.29, 0.717) is 16.7 Å². The van der Waals surface area contributed by atoms with Crippen LogP contribution in [0.25, 0.3) is 10.2 Å². The van der Waals surface area contributed by atoms with Crippen LogP contribution >= 0.6 is 23.6 Å². The molecule has 0 radical (unpaired) electrons. The van der Waals surface area contributed by atoms with Gasteiger partial charge in [-0.15, -0.1) is 11.3 Å². The largest absolute Gasteiger partial charge is 0.491 e. The van der Waals surface area contributed by atoms with E-state index in [0.717, 1.165) is 40.6 Å². The van der Waals surface area contributed by atoms with Crippen LogP contribution < -0.4 is 10.3 Å². The molecule has 0 atom stereocenters. The Balaban J connectivity index is 1.85. The lowest BCUT2D eigenvalue weighted by Crippen LogP contribution is -2.29. The van der Waals surface area contributed by atoms with Gasteiger partial charge in [0.05, 0.1) is 11.5 Å². The molecule has 0 saturated heterocycles. The molecule has 27 heavy (non-hydrogen) atoms. The molecule has 0 amide bonds. The highest BCUT2D eigenvalue weighted by Crippen LogP contribution is 2.33. The second-order valence-electron chi connectivity index (χ2n) is 6.99. The van der Waals surface area contributed by atoms with Gasteiger partial charge in [0.1, 0.15) is 10.6 Å². The van der Waals surface area contributed by atoms with Crippen molar-refractivity contribution < 1.29 is 9.53 Å². The number of ether oxygens (including phenoxy) is 1. The maximum Gasteiger partial charge on any atom is 0.270 e. The second kappa shape index (κ2) is 7.05. The number of rotatable bonds is 3. The summed E-state index contributed by atoms with van der Waals surface area (Å²) in [6, 6.07) is 6.85. The molecular formula is C20H20N2O3S2. The number of aromatic amines is 1. The number of nitrogens with zero attached hydrogens (tertiary/aromatic N) is 1. The van der Waals surface area contributed by atoms with Gasteiger partial charge in [0.15, 0.2) is 4.77 Å². The van der Waals surface area contributed by atoms with Gasteiger partial charge >= 0.3 is 0 Å². The SMILES string of the molecule is CC(C)Oc1cccc(C(=O)n2c(=S)[nH]c3sc4c(c3c2=O)CCCC4)c1. The normalized spacial score (nSPS) is 13.7. The van der Waals surface area contributed by atoms with Crippen molar-refractivity contribution in [2.45, 2.75) is 45.6 Å². The highest BCUT2D eigenvalue weighted by molar-refractivity contribution is 7.71. The average Bonchev–Trinajstić information content (AvgIpc) is 2.99. The fourth-order valence-electron chi connectivity index (χ4n) is 3.53. The number of aryl methyl sites for hydroxylation is 2. The van der Waals surface area contributed by atoms with E-state index in [1.54, 1.807) is 35.6 Å². The Labute approximate surface area is 165 Å². The Bertz CT molecular complexity index is 1150. The molecule has 3 aromatic rings. The zero-order chi connectivity index (χ0) is 19.1. The summed E-state index contributed by atoms with van der Waals surface area (Å²) in [5, 5.41) is 0.617. The first kappa shape index (κ1) is 18.1. The third-order valence-corrected chi connectivity index (χ3v) is 6.16. The number of carbonyl (C=O) groups excluding carboxylic acids is 1. The molecule has 4 rings (SSSR count). The lowest BCUT2D eigenvalue weighted by atomic mass is 9.97. The number of fused-ring (bicyclic) bond motifs is 3. The van der Waals surface area contributed by atoms with Gasteiger partial charge in [-0.05, 0) is 75.5 Å². The molecule has 140 valence electrons. The van der Waals surface area contributed by atoms with Crippen molar-refractivity contribution in [3.8, 4) is 5.75 Å². The van der Waals surface area contributed by atoms with Crippen molar-refractivity contribution in [3.05, 3.63) is 55.4 Å². The smallest absolute Gasteiger partial charge is 0.270 e. The van der Waals surface area contributed by atoms with Crippen LogP contribution in [-0.2, 0) is 12.8 Å². The molecule has 7 heteroatoms. The van der Waals surface area contributed by atoms with Crippen LogP contribution in [0, 0.1) is 4.77 Å². The van der Waals surface area contributed by atoms with E-state index < -0.39 is 5.91 Å². The quantitative estimate of drug-likeness (QED) is 0.659. The van der Waals surface area contributed by atoms with E-state index in [1.807, 2.05) is 13.8 Å². The minimum absolute atomic E-state index is 0.00500. The van der Waals surface area contributed by atoms with Crippen molar-refractivity contribution >= 4 is 39.7 Å². The van der Waals surface area contributed by atoms with Gasteiger partial charge in [-0.3, -0.25) is 9.59 Å². The topological polar surface area (TPSA) is 64.1 Å². The minimum Gasteiger partial charge on any atom is -0.491 e. The number of nitrogens with one attached hydrogen (secondary N) is 1. The van der Waals surface area contributed by atoms with Crippen molar-refractivity contribution in [1.82, 2.24) is 9.55 Å². The zero-order valence-corrected chi connectivity index (χ0v) is 16.8. The molecule has 1 aliphatic rings. The number of hydrogen-bond donors (Lipinski definition) is 1. The first-order chi connectivity index (χ1) is 13.0. The van der Waals surface area contributed by atoms with Gasteiger partial charge in [0.2, 0.25) is 0 Å². The highest BCUT2D eigenvalue weighted by Gasteiger charge is 2.22. The van der Waals surface area contributed by atoms with E-state index in [1.165, 1.54) is 4.88 Å². The summed E-state index contributed by atoms with van der Waals surface area (Å²) in [6.07, 6.45) is 4.06. The van der Waals surface area contributed by atoms with Crippen LogP contribution in [0.3, 0.4) is 0 Å². The molecule has 0 spiro atoms. The van der Waals surface area contributed by atoms with Gasteiger partial charge in [0, 0.05) is 10.4 Å². The van der Waals surface area contributed by atoms with Crippen LogP contribution in [0.1, 0.15) is 47.5 Å². The molecule has 1 aromatic carbocycles.